The maximum absolute atomic E-state index is 12.5. The number of carboxylic acid groups (broad SMARTS) is 1. The van der Waals surface area contributed by atoms with E-state index in [1.807, 2.05) is 0 Å². The van der Waals surface area contributed by atoms with E-state index >= 15 is 0 Å². The summed E-state index contributed by atoms with van der Waals surface area (Å²) in [5.41, 5.74) is 0. The zero-order valence-electron chi connectivity index (χ0n) is 11.3. The van der Waals surface area contributed by atoms with Crippen LogP contribution in [0, 0.1) is 5.92 Å². The fraction of sp³-hybridized carbons (Fsp3) is 0.846. The lowest BCUT2D eigenvalue weighted by Crippen LogP contribution is -2.57. The zero-order chi connectivity index (χ0) is 13.8. The van der Waals surface area contributed by atoms with Crippen molar-refractivity contribution in [3.05, 3.63) is 0 Å². The Bertz CT molecular complexity index is 351. The molecule has 2 rings (SSSR count). The second kappa shape index (κ2) is 6.61. The molecule has 2 N–H and O–H groups in total. The van der Waals surface area contributed by atoms with Crippen molar-refractivity contribution in [2.45, 2.75) is 38.3 Å². The summed E-state index contributed by atoms with van der Waals surface area (Å²) in [6.07, 6.45) is 3.04. The van der Waals surface area contributed by atoms with E-state index in [9.17, 15) is 14.7 Å². The number of piperidine rings is 1. The second-order valence-electron chi connectivity index (χ2n) is 5.27. The third-order valence-corrected chi connectivity index (χ3v) is 5.11. The summed E-state index contributed by atoms with van der Waals surface area (Å²) in [5.74, 6) is 1.01. The number of thioether (sulfide) groups is 1. The Kier molecular flexibility index (Phi) is 5.10. The van der Waals surface area contributed by atoms with Gasteiger partial charge in [0.25, 0.3) is 0 Å². The first-order chi connectivity index (χ1) is 9.13. The maximum Gasteiger partial charge on any atom is 0.327 e. The molecular formula is C13H22N2O3S. The van der Waals surface area contributed by atoms with Gasteiger partial charge < -0.3 is 15.3 Å². The van der Waals surface area contributed by atoms with Gasteiger partial charge in [-0.25, -0.2) is 4.79 Å². The molecule has 19 heavy (non-hydrogen) atoms. The minimum Gasteiger partial charge on any atom is -0.480 e. The van der Waals surface area contributed by atoms with E-state index in [1.165, 1.54) is 0 Å². The van der Waals surface area contributed by atoms with Crippen molar-refractivity contribution in [3.8, 4) is 0 Å². The Balaban J connectivity index is 2.02. The van der Waals surface area contributed by atoms with Crippen LogP contribution in [0.4, 0.5) is 0 Å². The molecule has 2 aliphatic heterocycles. The van der Waals surface area contributed by atoms with E-state index in [1.54, 1.807) is 16.7 Å². The van der Waals surface area contributed by atoms with E-state index in [2.05, 4.69) is 12.2 Å². The number of hydrogen-bond donors (Lipinski definition) is 2. The van der Waals surface area contributed by atoms with Crippen molar-refractivity contribution >= 4 is 23.6 Å². The molecule has 2 heterocycles. The summed E-state index contributed by atoms with van der Waals surface area (Å²) >= 11 is 1.61. The summed E-state index contributed by atoms with van der Waals surface area (Å²) < 4.78 is 0. The molecule has 2 fully saturated rings. The van der Waals surface area contributed by atoms with Crippen LogP contribution in [0.5, 0.6) is 0 Å². The molecule has 5 nitrogen and oxygen atoms in total. The third kappa shape index (κ3) is 3.42. The Morgan fingerprint density at radius 1 is 1.47 bits per heavy atom. The van der Waals surface area contributed by atoms with Crippen LogP contribution in [0.15, 0.2) is 0 Å². The van der Waals surface area contributed by atoms with Crippen LogP contribution in [-0.2, 0) is 9.59 Å². The number of carbonyl (C=O) groups excluding carboxylic acids is 1. The number of rotatable bonds is 3. The van der Waals surface area contributed by atoms with Crippen molar-refractivity contribution in [1.29, 1.82) is 0 Å². The van der Waals surface area contributed by atoms with Crippen LogP contribution in [0.1, 0.15) is 26.2 Å². The predicted molar refractivity (Wildman–Crippen MR) is 75.3 cm³/mol. The normalized spacial score (nSPS) is 32.1. The molecule has 3 unspecified atom stereocenters. The van der Waals surface area contributed by atoms with Gasteiger partial charge in [0.05, 0.1) is 6.04 Å². The standard InChI is InChI=1S/C13H22N2O3S/c1-2-9-3-4-14-10(7-9)12(16)15-5-6-19-8-11(15)13(17)18/h9-11,14H,2-8H2,1H3,(H,17,18). The van der Waals surface area contributed by atoms with E-state index in [0.717, 1.165) is 31.6 Å². The summed E-state index contributed by atoms with van der Waals surface area (Å²) in [5, 5.41) is 12.5. The first kappa shape index (κ1) is 14.7. The molecule has 0 aliphatic carbocycles. The van der Waals surface area contributed by atoms with Gasteiger partial charge in [-0.3, -0.25) is 4.79 Å². The van der Waals surface area contributed by atoms with Gasteiger partial charge in [0.2, 0.25) is 5.91 Å². The van der Waals surface area contributed by atoms with Gasteiger partial charge in [-0.1, -0.05) is 13.3 Å². The van der Waals surface area contributed by atoms with Crippen molar-refractivity contribution in [1.82, 2.24) is 10.2 Å². The Labute approximate surface area is 118 Å². The van der Waals surface area contributed by atoms with Crippen molar-refractivity contribution in [3.63, 3.8) is 0 Å². The molecule has 1 amide bonds. The van der Waals surface area contributed by atoms with Crippen LogP contribution in [0.2, 0.25) is 0 Å². The van der Waals surface area contributed by atoms with Gasteiger partial charge in [0.1, 0.15) is 6.04 Å². The summed E-state index contributed by atoms with van der Waals surface area (Å²) in [6, 6.07) is -0.848. The molecule has 0 radical (unpaired) electrons. The molecular weight excluding hydrogens is 264 g/mol. The molecule has 0 spiro atoms. The molecule has 6 heteroatoms. The highest BCUT2D eigenvalue weighted by Crippen LogP contribution is 2.23. The first-order valence-corrected chi connectivity index (χ1v) is 8.13. The van der Waals surface area contributed by atoms with E-state index < -0.39 is 12.0 Å². The summed E-state index contributed by atoms with van der Waals surface area (Å²) in [6.45, 7) is 3.56. The Morgan fingerprint density at radius 2 is 2.26 bits per heavy atom. The maximum atomic E-state index is 12.5. The fourth-order valence-electron chi connectivity index (χ4n) is 2.83. The monoisotopic (exact) mass is 286 g/mol. The minimum absolute atomic E-state index is 0.0224. The number of carboxylic acids is 1. The molecule has 0 aromatic rings. The Hall–Kier alpha value is -0.750. The minimum atomic E-state index is -0.886. The largest absolute Gasteiger partial charge is 0.480 e. The highest BCUT2D eigenvalue weighted by atomic mass is 32.2. The smallest absolute Gasteiger partial charge is 0.327 e. The van der Waals surface area contributed by atoms with E-state index in [4.69, 9.17) is 0 Å². The number of amides is 1. The number of nitrogens with zero attached hydrogens (tertiary/aromatic N) is 1. The van der Waals surface area contributed by atoms with Crippen molar-refractivity contribution in [2.75, 3.05) is 24.6 Å². The highest BCUT2D eigenvalue weighted by molar-refractivity contribution is 7.99. The predicted octanol–water partition coefficient (Wildman–Crippen LogP) is 0.793. The molecule has 0 saturated carbocycles. The number of nitrogens with one attached hydrogen (secondary N) is 1. The second-order valence-corrected chi connectivity index (χ2v) is 6.42. The van der Waals surface area contributed by atoms with Crippen LogP contribution in [0.3, 0.4) is 0 Å². The van der Waals surface area contributed by atoms with Gasteiger partial charge in [-0.15, -0.1) is 0 Å². The molecule has 2 aliphatic rings. The average molecular weight is 286 g/mol. The number of aliphatic carboxylic acids is 1. The third-order valence-electron chi connectivity index (χ3n) is 4.08. The molecule has 0 aromatic heterocycles. The number of hydrogen-bond acceptors (Lipinski definition) is 4. The van der Waals surface area contributed by atoms with Gasteiger partial charge in [-0.05, 0) is 25.3 Å². The van der Waals surface area contributed by atoms with Crippen LogP contribution in [-0.4, -0.2) is 58.6 Å². The lowest BCUT2D eigenvalue weighted by atomic mass is 9.89. The number of carbonyl (C=O) groups is 2. The average Bonchev–Trinajstić information content (AvgIpc) is 2.46. The molecule has 2 saturated heterocycles. The first-order valence-electron chi connectivity index (χ1n) is 6.98. The zero-order valence-corrected chi connectivity index (χ0v) is 12.1. The van der Waals surface area contributed by atoms with Gasteiger partial charge >= 0.3 is 5.97 Å². The SMILES string of the molecule is CCC1CCNC(C(=O)N2CCSCC2C(=O)O)C1. The summed E-state index contributed by atoms with van der Waals surface area (Å²) in [7, 11) is 0. The highest BCUT2D eigenvalue weighted by Gasteiger charge is 2.37. The summed E-state index contributed by atoms with van der Waals surface area (Å²) in [4.78, 5) is 25.3. The topological polar surface area (TPSA) is 69.6 Å². The van der Waals surface area contributed by atoms with Gasteiger partial charge in [0.15, 0.2) is 0 Å². The molecule has 0 aromatic carbocycles. The van der Waals surface area contributed by atoms with Gasteiger partial charge in [-0.2, -0.15) is 11.8 Å². The van der Waals surface area contributed by atoms with Crippen LogP contribution >= 0.6 is 11.8 Å². The lowest BCUT2D eigenvalue weighted by molar-refractivity contribution is -0.150. The lowest BCUT2D eigenvalue weighted by Gasteiger charge is -2.37. The molecule has 3 atom stereocenters. The molecule has 108 valence electrons. The fourth-order valence-corrected chi connectivity index (χ4v) is 3.87. The Morgan fingerprint density at radius 3 is 2.95 bits per heavy atom. The van der Waals surface area contributed by atoms with Crippen molar-refractivity contribution < 1.29 is 14.7 Å². The van der Waals surface area contributed by atoms with E-state index in [-0.39, 0.29) is 11.9 Å². The van der Waals surface area contributed by atoms with Crippen molar-refractivity contribution in [2.24, 2.45) is 5.92 Å². The quantitative estimate of drug-likeness (QED) is 0.803. The van der Waals surface area contributed by atoms with E-state index in [0.29, 0.717) is 18.2 Å². The van der Waals surface area contributed by atoms with Crippen LogP contribution < -0.4 is 5.32 Å². The van der Waals surface area contributed by atoms with Gasteiger partial charge in [0, 0.05) is 18.1 Å². The molecule has 0 bridgehead atoms. The van der Waals surface area contributed by atoms with Crippen LogP contribution in [0.25, 0.3) is 0 Å².